The Labute approximate surface area is 184 Å². The fourth-order valence-electron chi connectivity index (χ4n) is 5.13. The van der Waals surface area contributed by atoms with Crippen LogP contribution in [0.2, 0.25) is 0 Å². The van der Waals surface area contributed by atoms with Crippen LogP contribution < -0.4 is 0 Å². The van der Waals surface area contributed by atoms with Gasteiger partial charge in [0.15, 0.2) is 0 Å². The average Bonchev–Trinajstić information content (AvgIpc) is 2.74. The Morgan fingerprint density at radius 2 is 1.73 bits per heavy atom. The first-order chi connectivity index (χ1) is 13.8. The van der Waals surface area contributed by atoms with Crippen LogP contribution in [0.4, 0.5) is 0 Å². The molecule has 2 fully saturated rings. The lowest BCUT2D eigenvalue weighted by Gasteiger charge is -2.48. The van der Waals surface area contributed by atoms with Gasteiger partial charge in [-0.3, -0.25) is 9.59 Å². The number of nitrogens with zero attached hydrogens (tertiary/aromatic N) is 2. The molecule has 1 aromatic rings. The van der Waals surface area contributed by atoms with E-state index < -0.39 is 11.4 Å². The number of aliphatic carboxylic acids is 1. The highest BCUT2D eigenvalue weighted by Crippen LogP contribution is 2.51. The molecule has 1 atom stereocenters. The molecule has 166 valence electrons. The number of oxime groups is 1. The molecule has 1 amide bonds. The molecule has 30 heavy (non-hydrogen) atoms. The molecule has 0 bridgehead atoms. The molecule has 2 N–H and O–H groups in total. The lowest BCUT2D eigenvalue weighted by Crippen LogP contribution is -2.46. The van der Waals surface area contributed by atoms with Gasteiger partial charge in [-0.15, -0.1) is 12.4 Å². The van der Waals surface area contributed by atoms with E-state index in [0.717, 1.165) is 57.2 Å². The summed E-state index contributed by atoms with van der Waals surface area (Å²) in [5, 5.41) is 21.3. The minimum atomic E-state index is -0.669. The molecule has 1 heterocycles. The fraction of sp³-hybridized carbons (Fsp3) is 0.609. The van der Waals surface area contributed by atoms with Gasteiger partial charge in [0.1, 0.15) is 0 Å². The molecule has 1 aromatic carbocycles. The van der Waals surface area contributed by atoms with E-state index in [2.05, 4.69) is 5.16 Å². The lowest BCUT2D eigenvalue weighted by molar-refractivity contribution is -0.153. The molecule has 6 nitrogen and oxygen atoms in total. The highest BCUT2D eigenvalue weighted by molar-refractivity contribution is 5.95. The third-order valence-electron chi connectivity index (χ3n) is 7.65. The SMILES string of the molecule is CCC(C)(C(=O)O)C1CCC2(CC1)CCN(C(=O)c1ccc(C=NO)cc1)CC2.Cl. The zero-order valence-corrected chi connectivity index (χ0v) is 18.7. The summed E-state index contributed by atoms with van der Waals surface area (Å²) in [5.41, 5.74) is 1.05. The van der Waals surface area contributed by atoms with Crippen molar-refractivity contribution in [3.05, 3.63) is 35.4 Å². The first kappa shape index (κ1) is 24.2. The van der Waals surface area contributed by atoms with Crippen molar-refractivity contribution < 1.29 is 19.9 Å². The summed E-state index contributed by atoms with van der Waals surface area (Å²) in [4.78, 5) is 26.5. The Morgan fingerprint density at radius 3 is 2.20 bits per heavy atom. The number of carboxylic acid groups (broad SMARTS) is 1. The van der Waals surface area contributed by atoms with Crippen molar-refractivity contribution in [3.8, 4) is 0 Å². The predicted molar refractivity (Wildman–Crippen MR) is 119 cm³/mol. The maximum atomic E-state index is 12.8. The normalized spacial score (nSPS) is 21.2. The zero-order chi connectivity index (χ0) is 21.1. The number of hydrogen-bond donors (Lipinski definition) is 2. The second kappa shape index (κ2) is 9.82. The van der Waals surface area contributed by atoms with Crippen molar-refractivity contribution in [2.75, 3.05) is 13.1 Å². The van der Waals surface area contributed by atoms with Crippen LogP contribution >= 0.6 is 12.4 Å². The highest BCUT2D eigenvalue weighted by atomic mass is 35.5. The predicted octanol–water partition coefficient (Wildman–Crippen LogP) is 4.83. The number of carbonyl (C=O) groups excluding carboxylic acids is 1. The molecule has 0 radical (unpaired) electrons. The number of halogens is 1. The van der Waals surface area contributed by atoms with Gasteiger partial charge in [-0.1, -0.05) is 24.2 Å². The highest BCUT2D eigenvalue weighted by Gasteiger charge is 2.46. The molecule has 0 aromatic heterocycles. The average molecular weight is 437 g/mol. The second-order valence-corrected chi connectivity index (χ2v) is 9.01. The topological polar surface area (TPSA) is 90.2 Å². The van der Waals surface area contributed by atoms with Gasteiger partial charge in [-0.05, 0) is 80.9 Å². The Balaban J connectivity index is 0.00000320. The summed E-state index contributed by atoms with van der Waals surface area (Å²) in [5.74, 6) is -0.376. The lowest BCUT2D eigenvalue weighted by atomic mass is 9.59. The van der Waals surface area contributed by atoms with Gasteiger partial charge in [0.25, 0.3) is 5.91 Å². The maximum absolute atomic E-state index is 12.8. The van der Waals surface area contributed by atoms with E-state index in [0.29, 0.717) is 12.0 Å². The minimum Gasteiger partial charge on any atom is -0.481 e. The third-order valence-corrected chi connectivity index (χ3v) is 7.65. The van der Waals surface area contributed by atoms with E-state index in [9.17, 15) is 14.7 Å². The number of piperidine rings is 1. The Hall–Kier alpha value is -2.08. The molecule has 1 saturated heterocycles. The fourth-order valence-corrected chi connectivity index (χ4v) is 5.13. The van der Waals surface area contributed by atoms with Crippen molar-refractivity contribution in [2.45, 2.75) is 58.8 Å². The first-order valence-corrected chi connectivity index (χ1v) is 10.6. The van der Waals surface area contributed by atoms with E-state index in [4.69, 9.17) is 5.21 Å². The summed E-state index contributed by atoms with van der Waals surface area (Å²) in [6.07, 6.45) is 8.08. The summed E-state index contributed by atoms with van der Waals surface area (Å²) in [6, 6.07) is 7.08. The molecule has 1 aliphatic carbocycles. The van der Waals surface area contributed by atoms with Crippen LogP contribution in [0.3, 0.4) is 0 Å². The number of rotatable bonds is 5. The third kappa shape index (κ3) is 4.80. The number of amides is 1. The van der Waals surface area contributed by atoms with Gasteiger partial charge in [-0.2, -0.15) is 0 Å². The van der Waals surface area contributed by atoms with Crippen LogP contribution in [0.15, 0.2) is 29.4 Å². The van der Waals surface area contributed by atoms with Crippen LogP contribution in [0.5, 0.6) is 0 Å². The van der Waals surface area contributed by atoms with Gasteiger partial charge < -0.3 is 15.2 Å². The number of likely N-dealkylation sites (tertiary alicyclic amines) is 1. The minimum absolute atomic E-state index is 0. The van der Waals surface area contributed by atoms with E-state index in [1.807, 2.05) is 18.7 Å². The van der Waals surface area contributed by atoms with Crippen molar-refractivity contribution in [1.29, 1.82) is 0 Å². The van der Waals surface area contributed by atoms with Crippen molar-refractivity contribution >= 4 is 30.5 Å². The Morgan fingerprint density at radius 1 is 1.17 bits per heavy atom. The van der Waals surface area contributed by atoms with E-state index in [1.54, 1.807) is 24.3 Å². The summed E-state index contributed by atoms with van der Waals surface area (Å²) >= 11 is 0. The number of hydrogen-bond acceptors (Lipinski definition) is 4. The number of carbonyl (C=O) groups is 2. The van der Waals surface area contributed by atoms with Crippen LogP contribution in [0, 0.1) is 16.7 Å². The zero-order valence-electron chi connectivity index (χ0n) is 17.8. The van der Waals surface area contributed by atoms with Crippen molar-refractivity contribution in [1.82, 2.24) is 4.90 Å². The molecule has 1 aliphatic heterocycles. The van der Waals surface area contributed by atoms with Crippen LogP contribution in [-0.4, -0.2) is 46.4 Å². The summed E-state index contributed by atoms with van der Waals surface area (Å²) in [7, 11) is 0. The molecule has 2 aliphatic rings. The van der Waals surface area contributed by atoms with Gasteiger partial charge in [0, 0.05) is 18.7 Å². The second-order valence-electron chi connectivity index (χ2n) is 9.01. The van der Waals surface area contributed by atoms with Crippen molar-refractivity contribution in [3.63, 3.8) is 0 Å². The molecule has 7 heteroatoms. The van der Waals surface area contributed by atoms with Gasteiger partial charge in [-0.25, -0.2) is 0 Å². The van der Waals surface area contributed by atoms with Crippen LogP contribution in [0.25, 0.3) is 0 Å². The van der Waals surface area contributed by atoms with Crippen LogP contribution in [0.1, 0.15) is 74.7 Å². The van der Waals surface area contributed by atoms with Gasteiger partial charge >= 0.3 is 5.97 Å². The van der Waals surface area contributed by atoms with E-state index in [1.165, 1.54) is 6.21 Å². The largest absolute Gasteiger partial charge is 0.481 e. The van der Waals surface area contributed by atoms with Gasteiger partial charge in [0.2, 0.25) is 0 Å². The Kier molecular flexibility index (Phi) is 7.92. The number of benzene rings is 1. The van der Waals surface area contributed by atoms with Crippen molar-refractivity contribution in [2.24, 2.45) is 21.9 Å². The summed E-state index contributed by atoms with van der Waals surface area (Å²) in [6.45, 7) is 5.39. The van der Waals surface area contributed by atoms with Gasteiger partial charge in [0.05, 0.1) is 11.6 Å². The molecule has 3 rings (SSSR count). The maximum Gasteiger partial charge on any atom is 0.309 e. The quantitative estimate of drug-likeness (QED) is 0.393. The standard InChI is InChI=1S/C23H32N2O4.ClH/c1-3-22(2,21(27)28)19-8-10-23(11-9-19)12-14-25(15-13-23)20(26)18-6-4-17(5-7-18)16-24-29;/h4-7,16,19,29H,3,8-15H2,1-2H3,(H,27,28);1H. The molecular weight excluding hydrogens is 404 g/mol. The van der Waals surface area contributed by atoms with E-state index in [-0.39, 0.29) is 29.6 Å². The monoisotopic (exact) mass is 436 g/mol. The Bertz CT molecular complexity index is 762. The number of carboxylic acids is 1. The molecule has 1 spiro atoms. The first-order valence-electron chi connectivity index (χ1n) is 10.6. The summed E-state index contributed by atoms with van der Waals surface area (Å²) < 4.78 is 0. The molecule has 1 unspecified atom stereocenters. The van der Waals surface area contributed by atoms with E-state index >= 15 is 0 Å². The molecule has 1 saturated carbocycles. The molecular formula is C23H33ClN2O4. The smallest absolute Gasteiger partial charge is 0.309 e. The van der Waals surface area contributed by atoms with Crippen LogP contribution in [-0.2, 0) is 4.79 Å².